The van der Waals surface area contributed by atoms with Crippen molar-refractivity contribution in [3.63, 3.8) is 0 Å². The number of amides is 2. The van der Waals surface area contributed by atoms with Crippen LogP contribution in [0.5, 0.6) is 0 Å². The summed E-state index contributed by atoms with van der Waals surface area (Å²) in [4.78, 5) is 33.3. The Morgan fingerprint density at radius 1 is 0.946 bits per heavy atom. The third-order valence-corrected chi connectivity index (χ3v) is 10.2. The fraction of sp³-hybridized carbons (Fsp3) is 0.643. The molecule has 7 rings (SSSR count). The van der Waals surface area contributed by atoms with E-state index >= 15 is 0 Å². The number of nitrogens with one attached hydrogen (secondary N) is 1. The average molecular weight is 516 g/mol. The van der Waals surface area contributed by atoms with Crippen molar-refractivity contribution in [2.24, 2.45) is 41.4 Å². The molecule has 37 heavy (non-hydrogen) atoms. The molecule has 3 heterocycles. The molecule has 6 unspecified atom stereocenters. The summed E-state index contributed by atoms with van der Waals surface area (Å²) in [6.45, 7) is 3.28. The van der Waals surface area contributed by atoms with Gasteiger partial charge in [0.25, 0.3) is 0 Å². The lowest BCUT2D eigenvalue weighted by Gasteiger charge is -2.33. The Kier molecular flexibility index (Phi) is 5.32. The minimum Gasteiger partial charge on any atom is -0.392 e. The predicted octanol–water partition coefficient (Wildman–Crippen LogP) is 3.77. The van der Waals surface area contributed by atoms with Crippen LogP contribution >= 0.6 is 0 Å². The first-order valence-corrected chi connectivity index (χ1v) is 13.6. The Morgan fingerprint density at radius 3 is 2.35 bits per heavy atom. The molecule has 198 valence electrons. The lowest BCUT2D eigenvalue weighted by molar-refractivity contribution is -0.219. The number of carbonyl (C=O) groups is 2. The second kappa shape index (κ2) is 8.30. The van der Waals surface area contributed by atoms with Crippen LogP contribution in [0.25, 0.3) is 10.9 Å². The van der Waals surface area contributed by atoms with E-state index in [0.717, 1.165) is 38.9 Å². The van der Waals surface area contributed by atoms with E-state index in [1.54, 1.807) is 0 Å². The molecule has 1 aromatic carbocycles. The number of hydrogen-bond donors (Lipinski definition) is 2. The minimum atomic E-state index is -4.55. The molecule has 2 aromatic rings. The molecule has 5 aliphatic rings. The van der Waals surface area contributed by atoms with E-state index in [4.69, 9.17) is 0 Å². The van der Waals surface area contributed by atoms with Gasteiger partial charge in [0.2, 0.25) is 11.8 Å². The van der Waals surface area contributed by atoms with Crippen LogP contribution in [0.2, 0.25) is 0 Å². The van der Waals surface area contributed by atoms with Crippen LogP contribution in [0, 0.1) is 41.4 Å². The van der Waals surface area contributed by atoms with Gasteiger partial charge in [0.05, 0.1) is 23.9 Å². The average Bonchev–Trinajstić information content (AvgIpc) is 3.18. The number of carbonyl (C=O) groups excluding carboxylic acids is 2. The number of halogens is 3. The van der Waals surface area contributed by atoms with Gasteiger partial charge >= 0.3 is 6.18 Å². The summed E-state index contributed by atoms with van der Waals surface area (Å²) in [5.41, 5.74) is 2.57. The summed E-state index contributed by atoms with van der Waals surface area (Å²) in [6, 6.07) is 8.39. The quantitative estimate of drug-likeness (QED) is 0.595. The molecule has 2 aliphatic heterocycles. The number of alkyl halides is 3. The Labute approximate surface area is 213 Å². The summed E-state index contributed by atoms with van der Waals surface area (Å²) in [6.07, 6.45) is -0.743. The predicted molar refractivity (Wildman–Crippen MR) is 129 cm³/mol. The number of nitrogens with zero attached hydrogens (tertiary/aromatic N) is 2. The summed E-state index contributed by atoms with van der Waals surface area (Å²) in [5.74, 6) is -4.92. The number of H-pyrrole nitrogens is 1. The van der Waals surface area contributed by atoms with Gasteiger partial charge in [-0.15, -0.1) is 0 Å². The second-order valence-corrected chi connectivity index (χ2v) is 12.1. The third kappa shape index (κ3) is 3.67. The van der Waals surface area contributed by atoms with E-state index in [0.29, 0.717) is 18.4 Å². The van der Waals surface area contributed by atoms with Crippen LogP contribution in [0.1, 0.15) is 37.2 Å². The van der Waals surface area contributed by atoms with Crippen molar-refractivity contribution in [3.05, 3.63) is 36.0 Å². The highest BCUT2D eigenvalue weighted by Crippen LogP contribution is 2.62. The number of aliphatic hydroxyl groups is 1. The first kappa shape index (κ1) is 23.7. The number of aliphatic hydroxyl groups excluding tert-OH is 1. The number of para-hydroxylation sites is 1. The van der Waals surface area contributed by atoms with Crippen LogP contribution in [-0.2, 0) is 9.59 Å². The number of benzene rings is 1. The summed E-state index contributed by atoms with van der Waals surface area (Å²) in [7, 11) is 0. The largest absolute Gasteiger partial charge is 0.394 e. The van der Waals surface area contributed by atoms with Crippen molar-refractivity contribution in [1.29, 1.82) is 0 Å². The number of aromatic nitrogens is 1. The number of aromatic amines is 1. The lowest BCUT2D eigenvalue weighted by Crippen LogP contribution is -2.46. The molecule has 2 bridgehead atoms. The molecule has 2 saturated heterocycles. The Balaban J connectivity index is 0.940. The van der Waals surface area contributed by atoms with Gasteiger partial charge in [-0.2, -0.15) is 13.2 Å². The van der Waals surface area contributed by atoms with Gasteiger partial charge in [0.15, 0.2) is 0 Å². The molecule has 2 N–H and O–H groups in total. The van der Waals surface area contributed by atoms with Crippen molar-refractivity contribution < 1.29 is 27.9 Å². The van der Waals surface area contributed by atoms with Gasteiger partial charge in [-0.25, -0.2) is 0 Å². The van der Waals surface area contributed by atoms with Crippen molar-refractivity contribution in [1.82, 2.24) is 14.8 Å². The van der Waals surface area contributed by atoms with Gasteiger partial charge in [-0.1, -0.05) is 18.2 Å². The van der Waals surface area contributed by atoms with Crippen molar-refractivity contribution in [2.45, 2.75) is 43.9 Å². The summed E-state index contributed by atoms with van der Waals surface area (Å²) in [5, 5.41) is 11.6. The summed E-state index contributed by atoms with van der Waals surface area (Å²) < 4.78 is 40.6. The Bertz CT molecular complexity index is 1240. The van der Waals surface area contributed by atoms with E-state index in [-0.39, 0.29) is 18.2 Å². The van der Waals surface area contributed by atoms with E-state index in [1.165, 1.54) is 21.4 Å². The van der Waals surface area contributed by atoms with Gasteiger partial charge in [-0.05, 0) is 80.0 Å². The molecular formula is C28H32F3N3O3. The second-order valence-electron chi connectivity index (χ2n) is 12.1. The van der Waals surface area contributed by atoms with E-state index in [1.807, 2.05) is 6.07 Å². The van der Waals surface area contributed by atoms with Gasteiger partial charge in [-0.3, -0.25) is 14.5 Å². The number of imide groups is 1. The van der Waals surface area contributed by atoms with Gasteiger partial charge in [0.1, 0.15) is 0 Å². The van der Waals surface area contributed by atoms with E-state index in [2.05, 4.69) is 34.3 Å². The van der Waals surface area contributed by atoms with Crippen molar-refractivity contribution >= 4 is 22.7 Å². The number of likely N-dealkylation sites (tertiary alicyclic amines) is 2. The van der Waals surface area contributed by atoms with Crippen molar-refractivity contribution in [2.75, 3.05) is 26.2 Å². The molecule has 3 aliphatic carbocycles. The summed E-state index contributed by atoms with van der Waals surface area (Å²) >= 11 is 0. The van der Waals surface area contributed by atoms with E-state index < -0.39 is 47.8 Å². The van der Waals surface area contributed by atoms with Crippen LogP contribution in [-0.4, -0.2) is 70.2 Å². The Hall–Kier alpha value is -2.39. The lowest BCUT2D eigenvalue weighted by atomic mass is 9.73. The molecule has 0 radical (unpaired) electrons. The number of rotatable bonds is 5. The maximum absolute atomic E-state index is 13.5. The molecule has 9 heteroatoms. The minimum absolute atomic E-state index is 0.118. The molecule has 3 saturated carbocycles. The standard InChI is InChI=1S/C28H32F3N3O3/c29-28(30,31)24-18-10-19(25(24)35)23-22(18)26(36)34(27(23)37)13-16-9-15(16)12-33-7-5-14(6-8-33)20-11-32-21-4-2-1-3-17(20)21/h1-4,11,14-16,18-19,22-25,32,35H,5-10,12-13H2/t15-,16-,18?,19?,22?,23?,24?,25?/m1/s1. The molecule has 0 spiro atoms. The molecule has 5 fully saturated rings. The zero-order valence-electron chi connectivity index (χ0n) is 20.5. The normalized spacial score (nSPS) is 38.2. The SMILES string of the molecule is O=C1C2C3CC(C2C(=O)N1C[C@H]1C[C@@H]1CN1CCC(c2c[nH]c4ccccc24)CC1)C(C(F)(F)F)C3O. The zero-order chi connectivity index (χ0) is 25.6. The molecular weight excluding hydrogens is 483 g/mol. The third-order valence-electron chi connectivity index (χ3n) is 10.2. The van der Waals surface area contributed by atoms with Gasteiger partial charge in [0, 0.05) is 30.2 Å². The first-order chi connectivity index (χ1) is 17.7. The topological polar surface area (TPSA) is 76.6 Å². The first-order valence-electron chi connectivity index (χ1n) is 13.6. The molecule has 1 aromatic heterocycles. The highest BCUT2D eigenvalue weighted by molar-refractivity contribution is 6.06. The monoisotopic (exact) mass is 515 g/mol. The van der Waals surface area contributed by atoms with Crippen LogP contribution in [0.15, 0.2) is 30.5 Å². The number of piperidine rings is 1. The Morgan fingerprint density at radius 2 is 1.62 bits per heavy atom. The highest BCUT2D eigenvalue weighted by atomic mass is 19.4. The molecule has 8 atom stereocenters. The fourth-order valence-electron chi connectivity index (χ4n) is 8.32. The number of fused-ring (bicyclic) bond motifs is 6. The van der Waals surface area contributed by atoms with Crippen LogP contribution in [0.3, 0.4) is 0 Å². The molecule has 2 amide bonds. The number of hydrogen-bond acceptors (Lipinski definition) is 4. The smallest absolute Gasteiger partial charge is 0.392 e. The van der Waals surface area contributed by atoms with Crippen LogP contribution in [0.4, 0.5) is 13.2 Å². The van der Waals surface area contributed by atoms with E-state index in [9.17, 15) is 27.9 Å². The van der Waals surface area contributed by atoms with Gasteiger partial charge < -0.3 is 15.0 Å². The highest BCUT2D eigenvalue weighted by Gasteiger charge is 2.71. The zero-order valence-corrected chi connectivity index (χ0v) is 20.5. The maximum Gasteiger partial charge on any atom is 0.394 e. The van der Waals surface area contributed by atoms with Crippen LogP contribution < -0.4 is 0 Å². The van der Waals surface area contributed by atoms with Crippen molar-refractivity contribution in [3.8, 4) is 0 Å². The molecule has 6 nitrogen and oxygen atoms in total. The fourth-order valence-corrected chi connectivity index (χ4v) is 8.32. The maximum atomic E-state index is 13.5.